The Labute approximate surface area is 675 Å². The Balaban J connectivity index is 1.03. The van der Waals surface area contributed by atoms with Crippen LogP contribution in [-0.2, 0) is 5.41 Å². The van der Waals surface area contributed by atoms with Gasteiger partial charge in [0.2, 0.25) is 0 Å². The summed E-state index contributed by atoms with van der Waals surface area (Å²) in [4.78, 5) is 7.83. The Morgan fingerprint density at radius 1 is 0.404 bits per heavy atom. The fourth-order valence-corrected chi connectivity index (χ4v) is 20.8. The summed E-state index contributed by atoms with van der Waals surface area (Å²) in [6.07, 6.45) is 0. The Hall–Kier alpha value is -12.9. The maximum atomic E-state index is 12.0. The molecule has 19 aromatic rings. The van der Waals surface area contributed by atoms with Crippen LogP contribution < -0.4 is 26.2 Å². The third-order valence-corrected chi connectivity index (χ3v) is 25.5. The van der Waals surface area contributed by atoms with Crippen LogP contribution in [-0.4, -0.2) is 44.9 Å². The molecule has 9 heteroatoms. The Morgan fingerprint density at radius 2 is 0.789 bits per heavy atom. The number of fused-ring (bicyclic) bond motifs is 14. The van der Waals surface area contributed by atoms with Crippen molar-refractivity contribution < 1.29 is 30.2 Å². The van der Waals surface area contributed by atoms with E-state index in [0.717, 1.165) is 0 Å². The number of hydrogen-bond donors (Lipinski definition) is 0. The van der Waals surface area contributed by atoms with Gasteiger partial charge in [0.1, 0.15) is 0 Å². The van der Waals surface area contributed by atoms with Crippen LogP contribution in [0.2, 0.25) is 0 Å². The van der Waals surface area contributed by atoms with Gasteiger partial charge in [-0.25, -0.2) is 4.85 Å². The van der Waals surface area contributed by atoms with Gasteiger partial charge >= 0.3 is 620 Å². The first-order valence-electron chi connectivity index (χ1n) is 46.3. The van der Waals surface area contributed by atoms with Crippen molar-refractivity contribution >= 4 is 153 Å². The molecular formula is C100H65BN6Se2. The van der Waals surface area contributed by atoms with Gasteiger partial charge in [-0.2, -0.15) is 5.26 Å². The molecule has 0 aliphatic carbocycles. The molecule has 0 atom stereocenters. The van der Waals surface area contributed by atoms with Gasteiger partial charge in [-0.15, -0.1) is 0 Å². The fourth-order valence-electron chi connectivity index (χ4n) is 16.0. The molecule has 0 saturated carbocycles. The monoisotopic (exact) mass is 1540 g/mol. The normalized spacial score (nSPS) is 15.3. The SMILES string of the molecule is [2H]c1c([2H])c(-n2c3[se]c4c([2H])c([2H])c([2H])c([2H])c4c3c3c([2H])c([2H])c([2H])c([2H])c32)c([2H])c2c1B1c3c(cc(C(C)(C)C)cc3N(c3c(-c4ccccc4)cc(-c4ccccc4[N+]#[C-])cc3-c3ccccc3)c3c([2H])c(-n4c5[se]c6c([2H])c([2H])c([2H])c([2H])c6c5c5c([2H])c([2H])c([2H])c([2H])c54)c([2H])c([2H])c31)N2c1c(-c2ccccc2)cc(-c2ccccc2C#N)cc1-c1ccccc1. The summed E-state index contributed by atoms with van der Waals surface area (Å²) in [7, 11) is 0. The molecule has 2 aliphatic heterocycles. The second kappa shape index (κ2) is 25.4. The molecule has 0 N–H and O–H groups in total. The van der Waals surface area contributed by atoms with E-state index < -0.39 is 185 Å². The molecule has 6 heterocycles. The zero-order valence-corrected chi connectivity index (χ0v) is 61.6. The van der Waals surface area contributed by atoms with Crippen molar-refractivity contribution in [2.75, 3.05) is 9.80 Å². The van der Waals surface area contributed by atoms with Crippen LogP contribution in [0.25, 0.3) is 144 Å². The van der Waals surface area contributed by atoms with Crippen molar-refractivity contribution in [1.82, 2.24) is 9.13 Å². The molecule has 0 saturated heterocycles. The van der Waals surface area contributed by atoms with E-state index in [-0.39, 0.29) is 94.3 Å². The minimum absolute atomic E-state index is 0.0178. The summed E-state index contributed by atoms with van der Waals surface area (Å²) in [6, 6.07) is 53.2. The molecule has 0 unspecified atom stereocenters. The predicted octanol–water partition coefficient (Wildman–Crippen LogP) is 24.1. The van der Waals surface area contributed by atoms with Crippen molar-refractivity contribution in [2.45, 2.75) is 26.2 Å². The van der Waals surface area contributed by atoms with Crippen LogP contribution in [0, 0.1) is 17.9 Å². The molecule has 4 aromatic heterocycles. The van der Waals surface area contributed by atoms with Gasteiger partial charge in [0.25, 0.3) is 0 Å². The first-order chi connectivity index (χ1) is 62.8. The standard InChI is InChI=1S/C100H65BN6Se2/c1-100(2,3)69-57-89-95-90(58-69)107(97-80(64-33-13-7-14-34-64)55-68(73-39-19-24-44-84(73)103-4)56-81(97)65-35-15-8-16-36-65)88-60-71(105-86-46-26-21-41-75(86)94-77-43-23-28-48-92(77)109-99(94)105)50-52-83(88)101(95)82-51-49-70(104-85-45-25-20-40-74(85)93-76-42-22-27-47-91(76)108-98(93)104)59-87(82)106(89)96-78(62-29-9-5-10-30-62)53-67(72-38-18-17-37-66(72)61-102)54-79(96)63-31-11-6-12-32-63/h5-60H,1-3H3/i20D,21D,22D,23D,25D,26D,27D,28D,40D,41D,42D,43D,45D,46D,47D,48D,49D,50D,51D,52D,59D,60D. The summed E-state index contributed by atoms with van der Waals surface area (Å²) in [5.41, 5.74) is 6.50. The molecule has 15 aromatic carbocycles. The van der Waals surface area contributed by atoms with Gasteiger partial charge in [0, 0.05) is 0 Å². The second-order valence-corrected chi connectivity index (χ2v) is 32.1. The number of anilines is 6. The topological polar surface area (TPSA) is 44.5 Å². The van der Waals surface area contributed by atoms with Gasteiger partial charge in [-0.1, -0.05) is 30.3 Å². The third kappa shape index (κ3) is 10.1. The fraction of sp³-hybridized carbons (Fsp3) is 0.0400. The number of nitrogens with zero attached hydrogens (tertiary/aromatic N) is 6. The number of para-hydroxylation sites is 3. The van der Waals surface area contributed by atoms with E-state index >= 15 is 0 Å². The van der Waals surface area contributed by atoms with E-state index in [9.17, 15) is 29.9 Å². The Morgan fingerprint density at radius 3 is 1.22 bits per heavy atom. The van der Waals surface area contributed by atoms with Crippen molar-refractivity contribution in [3.8, 4) is 84.2 Å². The average molecular weight is 1540 g/mol. The number of hydrogen-bond acceptors (Lipinski definition) is 3. The van der Waals surface area contributed by atoms with Crippen LogP contribution >= 0.6 is 0 Å². The van der Waals surface area contributed by atoms with Crippen LogP contribution in [0.3, 0.4) is 0 Å². The molecule has 2 aliphatic rings. The average Bonchev–Trinajstić information content (AvgIpc) is 1.48. The first kappa shape index (κ1) is 45.5. The van der Waals surface area contributed by atoms with Crippen LogP contribution in [0.1, 0.15) is 62.1 Å². The van der Waals surface area contributed by atoms with Crippen molar-refractivity contribution in [3.63, 3.8) is 0 Å². The van der Waals surface area contributed by atoms with E-state index in [4.69, 9.17) is 12.1 Å². The molecule has 510 valence electrons. The quantitative estimate of drug-likeness (QED) is 0.101. The van der Waals surface area contributed by atoms with Crippen LogP contribution in [0.5, 0.6) is 0 Å². The third-order valence-electron chi connectivity index (χ3n) is 20.9. The number of aromatic nitrogens is 2. The van der Waals surface area contributed by atoms with Gasteiger partial charge < -0.3 is 0 Å². The van der Waals surface area contributed by atoms with Crippen LogP contribution in [0.4, 0.5) is 39.8 Å². The first-order valence-corrected chi connectivity index (χ1v) is 38.7. The summed E-state index contributed by atoms with van der Waals surface area (Å²) in [5, 5.41) is 10.7. The summed E-state index contributed by atoms with van der Waals surface area (Å²) in [6.45, 7) is 13.0. The number of nitriles is 1. The van der Waals surface area contributed by atoms with E-state index in [1.807, 2.05) is 213 Å². The van der Waals surface area contributed by atoms with E-state index in [1.165, 1.54) is 9.13 Å². The predicted molar refractivity (Wildman–Crippen MR) is 460 cm³/mol. The van der Waals surface area contributed by atoms with Crippen molar-refractivity contribution in [1.29, 1.82) is 5.26 Å². The molecule has 0 amide bonds. The molecule has 0 fully saturated rings. The molecule has 6 nitrogen and oxygen atoms in total. The van der Waals surface area contributed by atoms with E-state index in [2.05, 4.69) is 10.9 Å². The molecular weight excluding hydrogens is 1450 g/mol. The summed E-state index contributed by atoms with van der Waals surface area (Å²) in [5.74, 6) is 0. The maximum absolute atomic E-state index is 12.0. The van der Waals surface area contributed by atoms with Crippen molar-refractivity contribution in [3.05, 3.63) is 362 Å². The minimum atomic E-state index is -1.66. The van der Waals surface area contributed by atoms with Crippen LogP contribution in [0.15, 0.2) is 339 Å². The van der Waals surface area contributed by atoms with Gasteiger partial charge in [-0.05, 0) is 6.07 Å². The summed E-state index contributed by atoms with van der Waals surface area (Å²) < 4.78 is 225. The van der Waals surface area contributed by atoms with E-state index in [1.54, 1.807) is 24.3 Å². The number of benzene rings is 15. The second-order valence-electron chi connectivity index (χ2n) is 27.9. The molecule has 21 rings (SSSR count). The van der Waals surface area contributed by atoms with Gasteiger partial charge in [0.05, 0.1) is 12.6 Å². The Kier molecular flexibility index (Phi) is 10.6. The van der Waals surface area contributed by atoms with E-state index in [0.29, 0.717) is 100 Å². The molecule has 0 bridgehead atoms. The molecule has 0 radical (unpaired) electrons. The van der Waals surface area contributed by atoms with Crippen molar-refractivity contribution in [2.24, 2.45) is 0 Å². The number of rotatable bonds is 10. The van der Waals surface area contributed by atoms with Gasteiger partial charge in [0.15, 0.2) is 0 Å². The molecule has 109 heavy (non-hydrogen) atoms. The zero-order valence-electron chi connectivity index (χ0n) is 80.2. The Bertz CT molecular complexity index is 7870. The summed E-state index contributed by atoms with van der Waals surface area (Å²) >= 11 is -2.53. The zero-order chi connectivity index (χ0) is 91.9. The van der Waals surface area contributed by atoms with Gasteiger partial charge in [-0.3, -0.25) is 0 Å². The molecule has 0 spiro atoms.